The van der Waals surface area contributed by atoms with Crippen molar-refractivity contribution in [1.82, 2.24) is 19.7 Å². The first-order valence-corrected chi connectivity index (χ1v) is 9.45. The summed E-state index contributed by atoms with van der Waals surface area (Å²) in [5.74, 6) is 1.98. The molecule has 0 saturated carbocycles. The highest BCUT2D eigenvalue weighted by Crippen LogP contribution is 2.20. The fourth-order valence-corrected chi connectivity index (χ4v) is 3.38. The molecule has 136 valence electrons. The van der Waals surface area contributed by atoms with Gasteiger partial charge in [0.15, 0.2) is 0 Å². The molecule has 3 heterocycles. The van der Waals surface area contributed by atoms with Gasteiger partial charge >= 0.3 is 0 Å². The molecule has 2 aromatic rings. The van der Waals surface area contributed by atoms with E-state index >= 15 is 0 Å². The number of pyridine rings is 1. The molecule has 0 spiro atoms. The average molecular weight is 342 g/mol. The van der Waals surface area contributed by atoms with Crippen molar-refractivity contribution in [3.05, 3.63) is 41.9 Å². The highest BCUT2D eigenvalue weighted by atomic mass is 16.5. The summed E-state index contributed by atoms with van der Waals surface area (Å²) in [7, 11) is 0. The second kappa shape index (κ2) is 8.48. The fraction of sp³-hybridized carbons (Fsp3) is 0.600. The summed E-state index contributed by atoms with van der Waals surface area (Å²) in [6.07, 6.45) is 6.40. The van der Waals surface area contributed by atoms with Gasteiger partial charge in [0.1, 0.15) is 6.61 Å². The van der Waals surface area contributed by atoms with E-state index in [-0.39, 0.29) is 0 Å². The van der Waals surface area contributed by atoms with Crippen molar-refractivity contribution in [2.24, 2.45) is 5.92 Å². The summed E-state index contributed by atoms with van der Waals surface area (Å²) >= 11 is 0. The Morgan fingerprint density at radius 2 is 2.20 bits per heavy atom. The predicted octanol–water partition coefficient (Wildman–Crippen LogP) is 3.50. The molecule has 5 nitrogen and oxygen atoms in total. The summed E-state index contributed by atoms with van der Waals surface area (Å²) in [5, 5.41) is 4.49. The van der Waals surface area contributed by atoms with Crippen LogP contribution in [0.25, 0.3) is 0 Å². The molecule has 0 amide bonds. The van der Waals surface area contributed by atoms with Crippen LogP contribution in [0.15, 0.2) is 30.6 Å². The van der Waals surface area contributed by atoms with Crippen molar-refractivity contribution in [2.45, 2.75) is 46.1 Å². The molecular weight excluding hydrogens is 312 g/mol. The first-order valence-electron chi connectivity index (χ1n) is 9.45. The average Bonchev–Trinajstić information content (AvgIpc) is 3.24. The molecule has 0 N–H and O–H groups in total. The maximum absolute atomic E-state index is 5.82. The van der Waals surface area contributed by atoms with E-state index in [1.54, 1.807) is 0 Å². The van der Waals surface area contributed by atoms with Gasteiger partial charge in [-0.1, -0.05) is 19.9 Å². The summed E-state index contributed by atoms with van der Waals surface area (Å²) in [6.45, 7) is 11.4. The third-order valence-corrected chi connectivity index (χ3v) is 5.19. The van der Waals surface area contributed by atoms with Gasteiger partial charge < -0.3 is 4.74 Å². The molecule has 25 heavy (non-hydrogen) atoms. The number of ether oxygens (including phenoxy) is 1. The molecule has 2 aromatic heterocycles. The minimum atomic E-state index is 0.557. The molecule has 1 saturated heterocycles. The van der Waals surface area contributed by atoms with Crippen LogP contribution in [0.2, 0.25) is 0 Å². The van der Waals surface area contributed by atoms with Crippen molar-refractivity contribution >= 4 is 0 Å². The minimum Gasteiger partial charge on any atom is -0.476 e. The van der Waals surface area contributed by atoms with Crippen molar-refractivity contribution in [2.75, 3.05) is 26.2 Å². The van der Waals surface area contributed by atoms with Crippen molar-refractivity contribution in [3.63, 3.8) is 0 Å². The summed E-state index contributed by atoms with van der Waals surface area (Å²) in [6, 6.07) is 6.20. The number of aromatic nitrogens is 3. The van der Waals surface area contributed by atoms with Crippen LogP contribution in [0, 0.1) is 12.8 Å². The van der Waals surface area contributed by atoms with Crippen LogP contribution in [0.1, 0.15) is 43.9 Å². The van der Waals surface area contributed by atoms with Crippen LogP contribution in [0.5, 0.6) is 5.88 Å². The van der Waals surface area contributed by atoms with E-state index in [0.717, 1.165) is 44.2 Å². The maximum atomic E-state index is 5.82. The third-order valence-electron chi connectivity index (χ3n) is 5.19. The zero-order valence-corrected chi connectivity index (χ0v) is 15.7. The van der Waals surface area contributed by atoms with Crippen LogP contribution < -0.4 is 4.74 Å². The zero-order chi connectivity index (χ0) is 17.6. The van der Waals surface area contributed by atoms with Gasteiger partial charge in [0.25, 0.3) is 0 Å². The maximum Gasteiger partial charge on any atom is 0.213 e. The number of aryl methyl sites for hydroxylation is 1. The lowest BCUT2D eigenvalue weighted by Crippen LogP contribution is -2.27. The van der Waals surface area contributed by atoms with E-state index in [1.807, 2.05) is 19.2 Å². The van der Waals surface area contributed by atoms with Gasteiger partial charge in [-0.05, 0) is 49.8 Å². The van der Waals surface area contributed by atoms with E-state index in [4.69, 9.17) is 4.74 Å². The van der Waals surface area contributed by atoms with E-state index in [2.05, 4.69) is 51.8 Å². The Kier molecular flexibility index (Phi) is 6.08. The Morgan fingerprint density at radius 3 is 2.88 bits per heavy atom. The molecule has 5 heteroatoms. The molecule has 0 bridgehead atoms. The van der Waals surface area contributed by atoms with Crippen molar-refractivity contribution < 1.29 is 4.74 Å². The van der Waals surface area contributed by atoms with Crippen LogP contribution in [0.3, 0.4) is 0 Å². The second-order valence-electron chi connectivity index (χ2n) is 7.22. The molecule has 0 aliphatic carbocycles. The standard InChI is InChI=1S/C20H30N4O/c1-4-16(2)19-5-6-20(21-13-19)25-12-11-23-9-8-18(14-23)15-24-10-7-17(3)22-24/h5-7,10,13,16,18H,4,8-9,11-12,14-15H2,1-3H3. The molecular formula is C20H30N4O. The number of hydrogen-bond acceptors (Lipinski definition) is 4. The van der Waals surface area contributed by atoms with Gasteiger partial charge in [-0.25, -0.2) is 4.98 Å². The SMILES string of the molecule is CCC(C)c1ccc(OCCN2CCC(Cn3ccc(C)n3)C2)nc1. The van der Waals surface area contributed by atoms with E-state index in [9.17, 15) is 0 Å². The van der Waals surface area contributed by atoms with E-state index in [0.29, 0.717) is 18.4 Å². The van der Waals surface area contributed by atoms with Crippen molar-refractivity contribution in [1.29, 1.82) is 0 Å². The topological polar surface area (TPSA) is 43.2 Å². The predicted molar refractivity (Wildman–Crippen MR) is 99.9 cm³/mol. The highest BCUT2D eigenvalue weighted by Gasteiger charge is 2.22. The Bertz CT molecular complexity index is 652. The van der Waals surface area contributed by atoms with Crippen LogP contribution in [-0.2, 0) is 6.54 Å². The van der Waals surface area contributed by atoms with E-state index in [1.165, 1.54) is 12.0 Å². The number of rotatable bonds is 8. The van der Waals surface area contributed by atoms with Crippen LogP contribution in [0.4, 0.5) is 0 Å². The third kappa shape index (κ3) is 5.05. The molecule has 0 aromatic carbocycles. The number of likely N-dealkylation sites (tertiary alicyclic amines) is 1. The fourth-order valence-electron chi connectivity index (χ4n) is 3.38. The lowest BCUT2D eigenvalue weighted by Gasteiger charge is -2.16. The molecule has 2 unspecified atom stereocenters. The lowest BCUT2D eigenvalue weighted by atomic mass is 10.0. The Morgan fingerprint density at radius 1 is 1.32 bits per heavy atom. The first-order chi connectivity index (χ1) is 12.1. The lowest BCUT2D eigenvalue weighted by molar-refractivity contribution is 0.225. The number of nitrogens with zero attached hydrogens (tertiary/aromatic N) is 4. The largest absolute Gasteiger partial charge is 0.476 e. The van der Waals surface area contributed by atoms with Gasteiger partial charge in [-0.15, -0.1) is 0 Å². The van der Waals surface area contributed by atoms with Gasteiger partial charge in [-0.3, -0.25) is 9.58 Å². The van der Waals surface area contributed by atoms with Crippen LogP contribution in [-0.4, -0.2) is 45.9 Å². The highest BCUT2D eigenvalue weighted by molar-refractivity contribution is 5.20. The molecule has 1 fully saturated rings. The zero-order valence-electron chi connectivity index (χ0n) is 15.7. The molecule has 0 radical (unpaired) electrons. The monoisotopic (exact) mass is 342 g/mol. The normalized spacial score (nSPS) is 19.2. The summed E-state index contributed by atoms with van der Waals surface area (Å²) in [5.41, 5.74) is 2.38. The number of hydrogen-bond donors (Lipinski definition) is 0. The quantitative estimate of drug-likeness (QED) is 0.736. The molecule has 2 atom stereocenters. The van der Waals surface area contributed by atoms with Gasteiger partial charge in [0.2, 0.25) is 5.88 Å². The Hall–Kier alpha value is -1.88. The molecule has 1 aliphatic rings. The van der Waals surface area contributed by atoms with Gasteiger partial charge in [0.05, 0.1) is 5.69 Å². The van der Waals surface area contributed by atoms with Crippen molar-refractivity contribution in [3.8, 4) is 5.88 Å². The van der Waals surface area contributed by atoms with E-state index < -0.39 is 0 Å². The summed E-state index contributed by atoms with van der Waals surface area (Å²) in [4.78, 5) is 6.91. The Labute approximate surface area is 151 Å². The summed E-state index contributed by atoms with van der Waals surface area (Å²) < 4.78 is 7.90. The van der Waals surface area contributed by atoms with Gasteiger partial charge in [-0.2, -0.15) is 5.10 Å². The second-order valence-corrected chi connectivity index (χ2v) is 7.22. The Balaban J connectivity index is 1.38. The molecule has 1 aliphatic heterocycles. The minimum absolute atomic E-state index is 0.557. The van der Waals surface area contributed by atoms with Gasteiger partial charge in [0, 0.05) is 38.1 Å². The van der Waals surface area contributed by atoms with Crippen LogP contribution >= 0.6 is 0 Å². The molecule has 3 rings (SSSR count). The smallest absolute Gasteiger partial charge is 0.213 e. The first kappa shape index (κ1) is 17.9.